The van der Waals surface area contributed by atoms with Crippen LogP contribution >= 0.6 is 0 Å². The minimum Gasteiger partial charge on any atom is -0.480 e. The topological polar surface area (TPSA) is 119 Å². The highest BCUT2D eigenvalue weighted by atomic mass is 19.1. The molecule has 1 aromatic carbocycles. The Bertz CT molecular complexity index is 702. The molecule has 1 rings (SSSR count). The molecule has 8 nitrogen and oxygen atoms in total. The van der Waals surface area contributed by atoms with Gasteiger partial charge in [-0.3, -0.25) is 14.4 Å². The van der Waals surface area contributed by atoms with Crippen LogP contribution in [0.5, 0.6) is 0 Å². The summed E-state index contributed by atoms with van der Waals surface area (Å²) in [6.07, 6.45) is -0.508. The van der Waals surface area contributed by atoms with Crippen molar-refractivity contribution in [3.63, 3.8) is 0 Å². The minimum absolute atomic E-state index is 0.0146. The van der Waals surface area contributed by atoms with Gasteiger partial charge in [0, 0.05) is 12.0 Å². The fraction of sp³-hybridized carbons (Fsp3) is 0.412. The average molecular weight is 387 g/mol. The molecule has 27 heavy (non-hydrogen) atoms. The second-order valence-corrected chi connectivity index (χ2v) is 5.72. The molecular weight excluding hydrogens is 368 g/mol. The number of carboxylic acids is 1. The first-order chi connectivity index (χ1) is 12.6. The van der Waals surface area contributed by atoms with Gasteiger partial charge in [-0.25, -0.2) is 13.6 Å². The van der Waals surface area contributed by atoms with Crippen LogP contribution in [-0.2, 0) is 35.1 Å². The summed E-state index contributed by atoms with van der Waals surface area (Å²) in [4.78, 5) is 47.3. The normalized spacial score (nSPS) is 12.8. The van der Waals surface area contributed by atoms with Crippen LogP contribution in [0.3, 0.4) is 0 Å². The number of ether oxygens (including phenoxy) is 2. The fourth-order valence-electron chi connectivity index (χ4n) is 2.51. The zero-order valence-electron chi connectivity index (χ0n) is 14.8. The lowest BCUT2D eigenvalue weighted by molar-refractivity contribution is -0.163. The summed E-state index contributed by atoms with van der Waals surface area (Å²) in [7, 11) is 2.02. The SMILES string of the molecule is COC(=O)C(C(=O)OC)[C@H](C)[C@@H](NC(=O)Cc1cc(F)cc(F)c1)C(=O)O. The minimum atomic E-state index is -1.65. The van der Waals surface area contributed by atoms with Crippen molar-refractivity contribution in [2.75, 3.05) is 14.2 Å². The van der Waals surface area contributed by atoms with Crippen molar-refractivity contribution in [2.24, 2.45) is 11.8 Å². The first kappa shape index (κ1) is 22.0. The van der Waals surface area contributed by atoms with E-state index in [1.165, 1.54) is 6.92 Å². The van der Waals surface area contributed by atoms with Gasteiger partial charge in [0.15, 0.2) is 5.92 Å². The second kappa shape index (κ2) is 9.60. The Morgan fingerprint density at radius 3 is 1.93 bits per heavy atom. The number of benzene rings is 1. The third-order valence-corrected chi connectivity index (χ3v) is 3.83. The van der Waals surface area contributed by atoms with Crippen molar-refractivity contribution in [2.45, 2.75) is 19.4 Å². The van der Waals surface area contributed by atoms with Gasteiger partial charge in [0.25, 0.3) is 0 Å². The molecule has 0 radical (unpaired) electrons. The third-order valence-electron chi connectivity index (χ3n) is 3.83. The molecule has 1 aromatic rings. The molecule has 0 saturated carbocycles. The number of rotatable bonds is 8. The Hall–Kier alpha value is -3.04. The van der Waals surface area contributed by atoms with Gasteiger partial charge in [0.2, 0.25) is 5.91 Å². The van der Waals surface area contributed by atoms with Gasteiger partial charge < -0.3 is 19.9 Å². The highest BCUT2D eigenvalue weighted by Gasteiger charge is 2.41. The number of carbonyl (C=O) groups is 4. The van der Waals surface area contributed by atoms with Crippen LogP contribution in [0.25, 0.3) is 0 Å². The molecule has 0 heterocycles. The summed E-state index contributed by atoms with van der Waals surface area (Å²) in [5.74, 6) is -9.03. The van der Waals surface area contributed by atoms with Gasteiger partial charge in [-0.05, 0) is 17.7 Å². The quantitative estimate of drug-likeness (QED) is 0.497. The van der Waals surface area contributed by atoms with E-state index in [0.717, 1.165) is 26.4 Å². The molecule has 0 aliphatic heterocycles. The fourth-order valence-corrected chi connectivity index (χ4v) is 2.51. The van der Waals surface area contributed by atoms with Gasteiger partial charge in [-0.1, -0.05) is 6.92 Å². The number of amides is 1. The summed E-state index contributed by atoms with van der Waals surface area (Å²) >= 11 is 0. The summed E-state index contributed by atoms with van der Waals surface area (Å²) < 4.78 is 35.3. The zero-order chi connectivity index (χ0) is 20.7. The monoisotopic (exact) mass is 387 g/mol. The Morgan fingerprint density at radius 2 is 1.52 bits per heavy atom. The molecule has 0 aromatic heterocycles. The number of halogens is 2. The van der Waals surface area contributed by atoms with Gasteiger partial charge in [0.1, 0.15) is 17.7 Å². The molecule has 0 unspecified atom stereocenters. The van der Waals surface area contributed by atoms with Crippen molar-refractivity contribution < 1.29 is 42.5 Å². The van der Waals surface area contributed by atoms with Gasteiger partial charge in [-0.2, -0.15) is 0 Å². The lowest BCUT2D eigenvalue weighted by Gasteiger charge is -2.26. The van der Waals surface area contributed by atoms with Crippen LogP contribution in [0.4, 0.5) is 8.78 Å². The van der Waals surface area contributed by atoms with E-state index < -0.39 is 59.7 Å². The maximum atomic E-state index is 13.2. The van der Waals surface area contributed by atoms with E-state index in [9.17, 15) is 33.1 Å². The van der Waals surface area contributed by atoms with Crippen molar-refractivity contribution >= 4 is 23.8 Å². The summed E-state index contributed by atoms with van der Waals surface area (Å²) in [6, 6.07) is 0.821. The summed E-state index contributed by atoms with van der Waals surface area (Å²) in [6.45, 7) is 1.25. The first-order valence-electron chi connectivity index (χ1n) is 7.73. The number of methoxy groups -OCH3 is 2. The molecule has 10 heteroatoms. The van der Waals surface area contributed by atoms with E-state index in [1.807, 2.05) is 0 Å². The van der Waals surface area contributed by atoms with Gasteiger partial charge in [-0.15, -0.1) is 0 Å². The van der Waals surface area contributed by atoms with Crippen LogP contribution in [0.1, 0.15) is 12.5 Å². The first-order valence-corrected chi connectivity index (χ1v) is 7.73. The predicted octanol–water partition coefficient (Wildman–Crippen LogP) is 0.675. The van der Waals surface area contributed by atoms with Crippen LogP contribution in [0, 0.1) is 23.5 Å². The molecule has 1 amide bonds. The maximum Gasteiger partial charge on any atom is 0.326 e. The highest BCUT2D eigenvalue weighted by molar-refractivity contribution is 5.96. The molecule has 2 N–H and O–H groups in total. The molecule has 2 atom stereocenters. The number of nitrogens with one attached hydrogen (secondary N) is 1. The predicted molar refractivity (Wildman–Crippen MR) is 86.3 cm³/mol. The van der Waals surface area contributed by atoms with Crippen LogP contribution < -0.4 is 5.32 Å². The molecule has 0 bridgehead atoms. The number of aliphatic carboxylic acids is 1. The number of carboxylic acid groups (broad SMARTS) is 1. The lowest BCUT2D eigenvalue weighted by Crippen LogP contribution is -2.50. The number of carbonyl (C=O) groups excluding carboxylic acids is 3. The highest BCUT2D eigenvalue weighted by Crippen LogP contribution is 2.20. The largest absolute Gasteiger partial charge is 0.480 e. The van der Waals surface area contributed by atoms with Crippen LogP contribution in [-0.4, -0.2) is 49.2 Å². The molecular formula is C17H19F2NO7. The zero-order valence-corrected chi connectivity index (χ0v) is 14.8. The van der Waals surface area contributed by atoms with E-state index in [2.05, 4.69) is 14.8 Å². The Morgan fingerprint density at radius 1 is 1.04 bits per heavy atom. The molecule has 148 valence electrons. The molecule has 0 fully saturated rings. The molecule has 0 aliphatic rings. The average Bonchev–Trinajstić information content (AvgIpc) is 2.57. The number of hydrogen-bond acceptors (Lipinski definition) is 6. The number of hydrogen-bond donors (Lipinski definition) is 2. The lowest BCUT2D eigenvalue weighted by atomic mass is 9.87. The Balaban J connectivity index is 2.99. The van der Waals surface area contributed by atoms with Crippen molar-refractivity contribution in [1.82, 2.24) is 5.32 Å². The summed E-state index contributed by atoms with van der Waals surface area (Å²) in [5.41, 5.74) is -0.0146. The van der Waals surface area contributed by atoms with Crippen LogP contribution in [0.15, 0.2) is 18.2 Å². The van der Waals surface area contributed by atoms with E-state index in [0.29, 0.717) is 6.07 Å². The third kappa shape index (κ3) is 6.01. The van der Waals surface area contributed by atoms with E-state index in [4.69, 9.17) is 0 Å². The van der Waals surface area contributed by atoms with Crippen LogP contribution in [0.2, 0.25) is 0 Å². The number of esters is 2. The molecule has 0 spiro atoms. The standard InChI is InChI=1S/C17H19F2NO7/c1-8(13(16(24)26-2)17(25)27-3)14(15(22)23)20-12(21)6-9-4-10(18)7-11(19)5-9/h4-5,7-8,13-14H,6H2,1-3H3,(H,20,21)(H,22,23)/t8-,14+/m0/s1. The van der Waals surface area contributed by atoms with E-state index in [1.54, 1.807) is 0 Å². The summed E-state index contributed by atoms with van der Waals surface area (Å²) in [5, 5.41) is 11.5. The smallest absolute Gasteiger partial charge is 0.326 e. The molecule has 0 aliphatic carbocycles. The van der Waals surface area contributed by atoms with E-state index in [-0.39, 0.29) is 5.56 Å². The maximum absolute atomic E-state index is 13.2. The Kier molecular flexibility index (Phi) is 7.82. The van der Waals surface area contributed by atoms with Crippen molar-refractivity contribution in [3.8, 4) is 0 Å². The Labute approximate surface area is 153 Å². The van der Waals surface area contributed by atoms with Crippen molar-refractivity contribution in [1.29, 1.82) is 0 Å². The van der Waals surface area contributed by atoms with Crippen molar-refractivity contribution in [3.05, 3.63) is 35.4 Å². The second-order valence-electron chi connectivity index (χ2n) is 5.72. The molecule has 0 saturated heterocycles. The van der Waals surface area contributed by atoms with E-state index >= 15 is 0 Å². The van der Waals surface area contributed by atoms with Gasteiger partial charge in [0.05, 0.1) is 20.6 Å². The van der Waals surface area contributed by atoms with Gasteiger partial charge >= 0.3 is 17.9 Å².